The Morgan fingerprint density at radius 2 is 2.11 bits per heavy atom. The molecule has 2 amide bonds. The molecule has 3 N–H and O–H groups in total. The summed E-state index contributed by atoms with van der Waals surface area (Å²) in [5, 5.41) is 14.9. The first-order chi connectivity index (χ1) is 8.71. The Bertz CT molecular complexity index is 360. The zero-order valence-electron chi connectivity index (χ0n) is 12.1. The van der Waals surface area contributed by atoms with Crippen molar-refractivity contribution in [1.82, 2.24) is 10.6 Å². The van der Waals surface area contributed by atoms with Crippen LogP contribution in [0.25, 0.3) is 0 Å². The molecule has 6 heteroatoms. The van der Waals surface area contributed by atoms with Gasteiger partial charge in [0.25, 0.3) is 0 Å². The zero-order chi connectivity index (χ0) is 14.7. The van der Waals surface area contributed by atoms with Gasteiger partial charge < -0.3 is 15.7 Å². The maximum Gasteiger partial charge on any atom is 0.315 e. The Morgan fingerprint density at radius 3 is 2.63 bits per heavy atom. The van der Waals surface area contributed by atoms with Gasteiger partial charge in [0.1, 0.15) is 0 Å². The molecule has 0 aromatic rings. The molecule has 0 spiro atoms. The minimum atomic E-state index is -0.841. The molecule has 1 saturated carbocycles. The van der Waals surface area contributed by atoms with Gasteiger partial charge in [-0.1, -0.05) is 6.42 Å². The quantitative estimate of drug-likeness (QED) is 0.723. The summed E-state index contributed by atoms with van der Waals surface area (Å²) < 4.78 is -0.0247. The first-order valence-electron chi connectivity index (χ1n) is 6.54. The highest BCUT2D eigenvalue weighted by molar-refractivity contribution is 7.99. The van der Waals surface area contributed by atoms with Gasteiger partial charge in [0.2, 0.25) is 0 Å². The van der Waals surface area contributed by atoms with E-state index in [-0.39, 0.29) is 16.8 Å². The first kappa shape index (κ1) is 16.1. The largest absolute Gasteiger partial charge is 0.481 e. The Labute approximate surface area is 118 Å². The average Bonchev–Trinajstić information content (AvgIpc) is 2.70. The molecule has 110 valence electrons. The minimum absolute atomic E-state index is 0.0247. The van der Waals surface area contributed by atoms with Crippen LogP contribution in [0, 0.1) is 5.41 Å². The molecule has 1 aliphatic carbocycles. The number of carbonyl (C=O) groups is 2. The van der Waals surface area contributed by atoms with E-state index in [1.807, 2.05) is 6.26 Å². The summed E-state index contributed by atoms with van der Waals surface area (Å²) in [6.07, 6.45) is 4.17. The molecule has 1 rings (SSSR count). The summed E-state index contributed by atoms with van der Waals surface area (Å²) in [7, 11) is 0. The third kappa shape index (κ3) is 4.03. The fourth-order valence-electron chi connectivity index (χ4n) is 2.23. The second kappa shape index (κ2) is 6.03. The van der Waals surface area contributed by atoms with E-state index >= 15 is 0 Å². The Balaban J connectivity index is 2.51. The Kier molecular flexibility index (Phi) is 5.12. The predicted molar refractivity (Wildman–Crippen MR) is 77.5 cm³/mol. The van der Waals surface area contributed by atoms with Crippen LogP contribution in [0.1, 0.15) is 40.0 Å². The van der Waals surface area contributed by atoms with E-state index < -0.39 is 11.4 Å². The van der Waals surface area contributed by atoms with Crippen LogP contribution in [-0.2, 0) is 4.79 Å². The number of hydrogen-bond donors (Lipinski definition) is 3. The second-order valence-electron chi connectivity index (χ2n) is 5.96. The van der Waals surface area contributed by atoms with E-state index in [1.165, 1.54) is 0 Å². The van der Waals surface area contributed by atoms with Crippen LogP contribution in [0.15, 0.2) is 0 Å². The molecule has 1 fully saturated rings. The SMILES string of the molecule is CSC(C)(C)CNC(=O)NC1CCCC1(C)C(=O)O. The van der Waals surface area contributed by atoms with Crippen LogP contribution < -0.4 is 10.6 Å². The molecule has 1 aliphatic rings. The summed E-state index contributed by atoms with van der Waals surface area (Å²) >= 11 is 1.68. The maximum atomic E-state index is 11.8. The number of rotatable bonds is 5. The third-order valence-electron chi connectivity index (χ3n) is 3.98. The normalized spacial score (nSPS) is 27.1. The van der Waals surface area contributed by atoms with E-state index in [0.717, 1.165) is 12.8 Å². The number of urea groups is 1. The summed E-state index contributed by atoms with van der Waals surface area (Å²) in [6.45, 7) is 6.36. The highest BCUT2D eigenvalue weighted by atomic mass is 32.2. The summed E-state index contributed by atoms with van der Waals surface area (Å²) in [4.78, 5) is 23.2. The molecule has 0 radical (unpaired) electrons. The monoisotopic (exact) mass is 288 g/mol. The number of aliphatic carboxylic acids is 1. The molecular formula is C13H24N2O3S. The molecule has 0 heterocycles. The minimum Gasteiger partial charge on any atom is -0.481 e. The predicted octanol–water partition coefficient (Wildman–Crippen LogP) is 2.07. The lowest BCUT2D eigenvalue weighted by atomic mass is 9.85. The van der Waals surface area contributed by atoms with Crippen molar-refractivity contribution in [3.8, 4) is 0 Å². The molecule has 0 saturated heterocycles. The number of thioether (sulfide) groups is 1. The van der Waals surface area contributed by atoms with Crippen LogP contribution in [0.4, 0.5) is 4.79 Å². The van der Waals surface area contributed by atoms with Crippen molar-refractivity contribution < 1.29 is 14.7 Å². The molecule has 5 nitrogen and oxygen atoms in total. The fraction of sp³-hybridized carbons (Fsp3) is 0.846. The van der Waals surface area contributed by atoms with Gasteiger partial charge in [-0.2, -0.15) is 11.8 Å². The summed E-state index contributed by atoms with van der Waals surface area (Å²) in [5.41, 5.74) is -0.841. The van der Waals surface area contributed by atoms with E-state index in [9.17, 15) is 14.7 Å². The lowest BCUT2D eigenvalue weighted by Gasteiger charge is -2.29. The smallest absolute Gasteiger partial charge is 0.315 e. The molecule has 0 aromatic carbocycles. The number of amides is 2. The molecular weight excluding hydrogens is 264 g/mol. The summed E-state index contributed by atoms with van der Waals surface area (Å²) in [5.74, 6) is -0.834. The van der Waals surface area contributed by atoms with E-state index in [1.54, 1.807) is 18.7 Å². The van der Waals surface area contributed by atoms with Crippen LogP contribution >= 0.6 is 11.8 Å². The highest BCUT2D eigenvalue weighted by Crippen LogP contribution is 2.38. The second-order valence-corrected chi connectivity index (χ2v) is 7.47. The number of carbonyl (C=O) groups excluding carboxylic acids is 1. The van der Waals surface area contributed by atoms with Gasteiger partial charge in [-0.25, -0.2) is 4.79 Å². The van der Waals surface area contributed by atoms with Gasteiger partial charge in [0.05, 0.1) is 5.41 Å². The lowest BCUT2D eigenvalue weighted by Crippen LogP contribution is -2.51. The number of carboxylic acids is 1. The fourth-order valence-corrected chi connectivity index (χ4v) is 2.44. The van der Waals surface area contributed by atoms with Crippen molar-refractivity contribution in [3.63, 3.8) is 0 Å². The lowest BCUT2D eigenvalue weighted by molar-refractivity contribution is -0.148. The van der Waals surface area contributed by atoms with Crippen molar-refractivity contribution in [2.45, 2.75) is 50.8 Å². The number of carboxylic acid groups (broad SMARTS) is 1. The van der Waals surface area contributed by atoms with Crippen LogP contribution in [0.3, 0.4) is 0 Å². The molecule has 19 heavy (non-hydrogen) atoms. The van der Waals surface area contributed by atoms with E-state index in [4.69, 9.17) is 0 Å². The maximum absolute atomic E-state index is 11.8. The van der Waals surface area contributed by atoms with Gasteiger partial charge >= 0.3 is 12.0 Å². The number of hydrogen-bond acceptors (Lipinski definition) is 3. The van der Waals surface area contributed by atoms with Crippen LogP contribution in [0.5, 0.6) is 0 Å². The molecule has 0 aromatic heterocycles. The Morgan fingerprint density at radius 1 is 1.47 bits per heavy atom. The van der Waals surface area contributed by atoms with E-state index in [2.05, 4.69) is 24.5 Å². The topological polar surface area (TPSA) is 78.4 Å². The standard InChI is InChI=1S/C13H24N2O3S/c1-12(2,19-4)8-14-11(18)15-9-6-5-7-13(9,3)10(16)17/h9H,5-8H2,1-4H3,(H,16,17)(H2,14,15,18). The van der Waals surface area contributed by atoms with Crippen LogP contribution in [-0.4, -0.2) is 40.7 Å². The van der Waals surface area contributed by atoms with Crippen molar-refractivity contribution in [2.75, 3.05) is 12.8 Å². The van der Waals surface area contributed by atoms with Gasteiger partial charge in [0.15, 0.2) is 0 Å². The van der Waals surface area contributed by atoms with Crippen molar-refractivity contribution in [2.24, 2.45) is 5.41 Å². The molecule has 2 atom stereocenters. The van der Waals surface area contributed by atoms with Gasteiger partial charge in [-0.05, 0) is 39.9 Å². The summed E-state index contributed by atoms with van der Waals surface area (Å²) in [6, 6.07) is -0.566. The average molecular weight is 288 g/mol. The van der Waals surface area contributed by atoms with Crippen LogP contribution in [0.2, 0.25) is 0 Å². The van der Waals surface area contributed by atoms with Gasteiger partial charge in [0, 0.05) is 17.3 Å². The highest BCUT2D eigenvalue weighted by Gasteiger charge is 2.45. The zero-order valence-corrected chi connectivity index (χ0v) is 12.9. The molecule has 0 aliphatic heterocycles. The Hall–Kier alpha value is -0.910. The van der Waals surface area contributed by atoms with E-state index in [0.29, 0.717) is 13.0 Å². The van der Waals surface area contributed by atoms with Crippen molar-refractivity contribution in [1.29, 1.82) is 0 Å². The molecule has 0 bridgehead atoms. The molecule has 2 unspecified atom stereocenters. The number of nitrogens with one attached hydrogen (secondary N) is 2. The van der Waals surface area contributed by atoms with Gasteiger partial charge in [-0.15, -0.1) is 0 Å². The first-order valence-corrected chi connectivity index (χ1v) is 7.77. The van der Waals surface area contributed by atoms with Crippen molar-refractivity contribution in [3.05, 3.63) is 0 Å². The van der Waals surface area contributed by atoms with Gasteiger partial charge in [-0.3, -0.25) is 4.79 Å². The third-order valence-corrected chi connectivity index (χ3v) is 5.23. The van der Waals surface area contributed by atoms with Crippen molar-refractivity contribution >= 4 is 23.8 Å².